The molecule has 9 nitrogen and oxygen atoms in total. The standard InChI is InChI=1S/C21H26N4O5/c1-21(2,3)30-20(29)24-8-9-25-17(13-24)16(12-23-25)11-22-18(26)10-14-4-6-15(7-5-14)19(27)28/h4-7,12H,8-11,13H2,1-3H3,(H,22,26)(H,27,28). The van der Waals surface area contributed by atoms with Crippen LogP contribution in [0.2, 0.25) is 0 Å². The molecule has 0 saturated heterocycles. The van der Waals surface area contributed by atoms with E-state index >= 15 is 0 Å². The van der Waals surface area contributed by atoms with Crippen LogP contribution in [-0.2, 0) is 35.6 Å². The van der Waals surface area contributed by atoms with Crippen LogP contribution in [0.1, 0.15) is 48.0 Å². The van der Waals surface area contributed by atoms with E-state index in [9.17, 15) is 14.4 Å². The van der Waals surface area contributed by atoms with Gasteiger partial charge in [-0.25, -0.2) is 9.59 Å². The van der Waals surface area contributed by atoms with Crippen molar-refractivity contribution in [1.82, 2.24) is 20.0 Å². The van der Waals surface area contributed by atoms with Gasteiger partial charge in [-0.3, -0.25) is 9.48 Å². The lowest BCUT2D eigenvalue weighted by Crippen LogP contribution is -2.42. The number of carbonyl (C=O) groups is 3. The van der Waals surface area contributed by atoms with Crippen LogP contribution in [0.3, 0.4) is 0 Å². The summed E-state index contributed by atoms with van der Waals surface area (Å²) < 4.78 is 7.29. The van der Waals surface area contributed by atoms with Gasteiger partial charge in [-0.05, 0) is 38.5 Å². The maximum atomic E-state index is 12.4. The molecule has 0 saturated carbocycles. The van der Waals surface area contributed by atoms with E-state index in [0.717, 1.165) is 16.8 Å². The predicted octanol–water partition coefficient (Wildman–Crippen LogP) is 2.19. The Bertz CT molecular complexity index is 943. The topological polar surface area (TPSA) is 114 Å². The highest BCUT2D eigenvalue weighted by molar-refractivity contribution is 5.87. The Morgan fingerprint density at radius 3 is 2.50 bits per heavy atom. The minimum Gasteiger partial charge on any atom is -0.478 e. The molecule has 0 unspecified atom stereocenters. The first-order valence-electron chi connectivity index (χ1n) is 9.73. The molecule has 1 aromatic carbocycles. The smallest absolute Gasteiger partial charge is 0.410 e. The first-order chi connectivity index (χ1) is 14.1. The fourth-order valence-corrected chi connectivity index (χ4v) is 3.14. The Morgan fingerprint density at radius 2 is 1.87 bits per heavy atom. The number of hydrogen-bond acceptors (Lipinski definition) is 5. The number of fused-ring (bicyclic) bond motifs is 1. The summed E-state index contributed by atoms with van der Waals surface area (Å²) in [4.78, 5) is 37.2. The Hall–Kier alpha value is -3.36. The molecule has 9 heteroatoms. The van der Waals surface area contributed by atoms with Gasteiger partial charge in [0.05, 0.1) is 37.0 Å². The van der Waals surface area contributed by atoms with Crippen LogP contribution in [0.25, 0.3) is 0 Å². The van der Waals surface area contributed by atoms with Gasteiger partial charge in [0, 0.05) is 18.7 Å². The minimum atomic E-state index is -1.00. The van der Waals surface area contributed by atoms with Crippen LogP contribution in [-0.4, -0.2) is 49.9 Å². The number of nitrogens with zero attached hydrogens (tertiary/aromatic N) is 3. The Kier molecular flexibility index (Phi) is 6.09. The number of nitrogens with one attached hydrogen (secondary N) is 1. The van der Waals surface area contributed by atoms with Gasteiger partial charge in [0.25, 0.3) is 0 Å². The Morgan fingerprint density at radius 1 is 1.17 bits per heavy atom. The van der Waals surface area contributed by atoms with Crippen molar-refractivity contribution in [3.63, 3.8) is 0 Å². The van der Waals surface area contributed by atoms with E-state index in [1.165, 1.54) is 12.1 Å². The van der Waals surface area contributed by atoms with Gasteiger partial charge in [0.1, 0.15) is 5.60 Å². The molecule has 2 amide bonds. The number of carbonyl (C=O) groups excluding carboxylic acids is 2. The average molecular weight is 414 g/mol. The largest absolute Gasteiger partial charge is 0.478 e. The van der Waals surface area contributed by atoms with Crippen molar-refractivity contribution in [2.24, 2.45) is 0 Å². The van der Waals surface area contributed by atoms with E-state index in [0.29, 0.717) is 26.2 Å². The zero-order valence-corrected chi connectivity index (χ0v) is 17.3. The number of hydrogen-bond donors (Lipinski definition) is 2. The van der Waals surface area contributed by atoms with Crippen molar-refractivity contribution in [2.45, 2.75) is 52.4 Å². The number of carboxylic acids is 1. The Labute approximate surface area is 174 Å². The van der Waals surface area contributed by atoms with Crippen LogP contribution >= 0.6 is 0 Å². The molecule has 2 aromatic rings. The molecule has 0 fully saturated rings. The molecule has 0 spiro atoms. The van der Waals surface area contributed by atoms with E-state index in [4.69, 9.17) is 9.84 Å². The third kappa shape index (κ3) is 5.37. The molecular formula is C21H26N4O5. The van der Waals surface area contributed by atoms with Gasteiger partial charge in [0.15, 0.2) is 0 Å². The molecule has 1 aromatic heterocycles. The molecule has 30 heavy (non-hydrogen) atoms. The van der Waals surface area contributed by atoms with Gasteiger partial charge in [0.2, 0.25) is 5.91 Å². The number of aromatic carboxylic acids is 1. The van der Waals surface area contributed by atoms with E-state index in [-0.39, 0.29) is 24.0 Å². The number of ether oxygens (including phenoxy) is 1. The molecule has 2 N–H and O–H groups in total. The van der Waals surface area contributed by atoms with Gasteiger partial charge in [-0.15, -0.1) is 0 Å². The van der Waals surface area contributed by atoms with Crippen molar-refractivity contribution < 1.29 is 24.2 Å². The third-order valence-electron chi connectivity index (χ3n) is 4.65. The summed E-state index contributed by atoms with van der Waals surface area (Å²) in [6.45, 7) is 7.24. The molecule has 0 radical (unpaired) electrons. The molecule has 3 rings (SSSR count). The van der Waals surface area contributed by atoms with Crippen molar-refractivity contribution in [1.29, 1.82) is 0 Å². The summed E-state index contributed by atoms with van der Waals surface area (Å²) >= 11 is 0. The molecular weight excluding hydrogens is 388 g/mol. The van der Waals surface area contributed by atoms with Crippen LogP contribution in [0.15, 0.2) is 30.5 Å². The van der Waals surface area contributed by atoms with E-state index < -0.39 is 11.6 Å². The summed E-state index contributed by atoms with van der Waals surface area (Å²) in [5.74, 6) is -1.18. The Balaban J connectivity index is 1.57. The minimum absolute atomic E-state index is 0.146. The predicted molar refractivity (Wildman–Crippen MR) is 108 cm³/mol. The van der Waals surface area contributed by atoms with Crippen LogP contribution < -0.4 is 5.32 Å². The second-order valence-electron chi connectivity index (χ2n) is 8.20. The van der Waals surface area contributed by atoms with Gasteiger partial charge in [-0.2, -0.15) is 5.10 Å². The zero-order valence-electron chi connectivity index (χ0n) is 17.3. The second kappa shape index (κ2) is 8.56. The summed E-state index contributed by atoms with van der Waals surface area (Å²) in [5, 5.41) is 16.1. The SMILES string of the molecule is CC(C)(C)OC(=O)N1CCn2ncc(CNC(=O)Cc3ccc(C(=O)O)cc3)c2C1. The highest BCUT2D eigenvalue weighted by Crippen LogP contribution is 2.19. The quantitative estimate of drug-likeness (QED) is 0.775. The fraction of sp³-hybridized carbons (Fsp3) is 0.429. The normalized spacial score (nSPS) is 13.5. The highest BCUT2D eigenvalue weighted by Gasteiger charge is 2.27. The van der Waals surface area contributed by atoms with Gasteiger partial charge < -0.3 is 20.1 Å². The molecule has 1 aliphatic heterocycles. The lowest BCUT2D eigenvalue weighted by atomic mass is 10.1. The van der Waals surface area contributed by atoms with Crippen molar-refractivity contribution >= 4 is 18.0 Å². The average Bonchev–Trinajstić information content (AvgIpc) is 3.07. The second-order valence-corrected chi connectivity index (χ2v) is 8.20. The molecule has 2 heterocycles. The maximum Gasteiger partial charge on any atom is 0.410 e. The first-order valence-corrected chi connectivity index (χ1v) is 9.73. The van der Waals surface area contributed by atoms with E-state index in [1.807, 2.05) is 25.5 Å². The van der Waals surface area contributed by atoms with Gasteiger partial charge >= 0.3 is 12.1 Å². The van der Waals surface area contributed by atoms with Crippen molar-refractivity contribution in [3.05, 3.63) is 52.8 Å². The van der Waals surface area contributed by atoms with Crippen LogP contribution in [0.5, 0.6) is 0 Å². The maximum absolute atomic E-state index is 12.4. The van der Waals surface area contributed by atoms with Crippen LogP contribution in [0.4, 0.5) is 4.79 Å². The summed E-state index contributed by atoms with van der Waals surface area (Å²) in [7, 11) is 0. The van der Waals surface area contributed by atoms with E-state index in [1.54, 1.807) is 23.2 Å². The fourth-order valence-electron chi connectivity index (χ4n) is 3.14. The lowest BCUT2D eigenvalue weighted by Gasteiger charge is -2.30. The zero-order chi connectivity index (χ0) is 21.9. The van der Waals surface area contributed by atoms with Crippen molar-refractivity contribution in [3.8, 4) is 0 Å². The number of rotatable bonds is 5. The van der Waals surface area contributed by atoms with Crippen molar-refractivity contribution in [2.75, 3.05) is 6.54 Å². The highest BCUT2D eigenvalue weighted by atomic mass is 16.6. The molecule has 0 atom stereocenters. The summed E-state index contributed by atoms with van der Waals surface area (Å²) in [5.41, 5.74) is 2.07. The molecule has 1 aliphatic rings. The van der Waals surface area contributed by atoms with Gasteiger partial charge in [-0.1, -0.05) is 12.1 Å². The number of benzene rings is 1. The molecule has 0 aliphatic carbocycles. The molecule has 160 valence electrons. The number of aromatic nitrogens is 2. The van der Waals surface area contributed by atoms with E-state index in [2.05, 4.69) is 10.4 Å². The first kappa shape index (κ1) is 21.4. The summed E-state index contributed by atoms with van der Waals surface area (Å²) in [6.07, 6.45) is 1.48. The molecule has 0 bridgehead atoms. The van der Waals surface area contributed by atoms with Crippen LogP contribution in [0, 0.1) is 0 Å². The number of amides is 2. The summed E-state index contributed by atoms with van der Waals surface area (Å²) in [6, 6.07) is 6.21. The third-order valence-corrected chi connectivity index (χ3v) is 4.65. The number of carboxylic acid groups (broad SMARTS) is 1. The lowest BCUT2D eigenvalue weighted by molar-refractivity contribution is -0.120. The monoisotopic (exact) mass is 414 g/mol.